The number of aryl methyl sites for hydroxylation is 1. The molecule has 7 nitrogen and oxygen atoms in total. The lowest BCUT2D eigenvalue weighted by molar-refractivity contribution is -0.114. The van der Waals surface area contributed by atoms with Crippen molar-refractivity contribution in [2.45, 2.75) is 40.0 Å². The maximum Gasteiger partial charge on any atom is 0.223 e. The third kappa shape index (κ3) is 4.11. The number of hydrogen-bond acceptors (Lipinski definition) is 7. The van der Waals surface area contributed by atoms with E-state index in [1.807, 2.05) is 6.07 Å². The maximum atomic E-state index is 13.0. The number of carbonyl (C=O) groups is 3. The summed E-state index contributed by atoms with van der Waals surface area (Å²) in [5.41, 5.74) is 1.12. The average Bonchev–Trinajstić information content (AvgIpc) is 3.01. The molecule has 0 aromatic carbocycles. The minimum atomic E-state index is -0.729. The Kier molecular flexibility index (Phi) is 6.18. The number of pyridine rings is 1. The topological polar surface area (TPSA) is 92.3 Å². The van der Waals surface area contributed by atoms with Crippen LogP contribution in [-0.2, 0) is 11.2 Å². The lowest BCUT2D eigenvalue weighted by atomic mass is 9.91. The summed E-state index contributed by atoms with van der Waals surface area (Å²) in [5, 5.41) is 3.03. The van der Waals surface area contributed by atoms with Gasteiger partial charge in [-0.15, -0.1) is 0 Å². The summed E-state index contributed by atoms with van der Waals surface area (Å²) in [6.45, 7) is 7.17. The van der Waals surface area contributed by atoms with Gasteiger partial charge in [-0.3, -0.25) is 14.4 Å². The summed E-state index contributed by atoms with van der Waals surface area (Å²) in [6.07, 6.45) is 3.38. The van der Waals surface area contributed by atoms with E-state index >= 15 is 0 Å². The van der Waals surface area contributed by atoms with Gasteiger partial charge in [0.25, 0.3) is 0 Å². The van der Waals surface area contributed by atoms with Crippen LogP contribution in [0.3, 0.4) is 0 Å². The molecule has 1 unspecified atom stereocenters. The van der Waals surface area contributed by atoms with Crippen LogP contribution in [0.5, 0.6) is 0 Å². The SMILES string of the molecule is CCN(CC)c1ccc(C(=O)C2CCCc3nc(NC(C)=O)sc3C2=O)cn1. The molecule has 1 amide bonds. The Hall–Kier alpha value is -2.61. The molecule has 148 valence electrons. The molecule has 0 saturated carbocycles. The number of ketones is 2. The number of rotatable bonds is 6. The van der Waals surface area contributed by atoms with Gasteiger partial charge in [0.2, 0.25) is 5.91 Å². The number of aromatic nitrogens is 2. The van der Waals surface area contributed by atoms with Gasteiger partial charge in [-0.05, 0) is 45.2 Å². The monoisotopic (exact) mass is 400 g/mol. The molecular weight excluding hydrogens is 376 g/mol. The average molecular weight is 401 g/mol. The molecule has 0 radical (unpaired) electrons. The van der Waals surface area contributed by atoms with Crippen molar-refractivity contribution in [1.29, 1.82) is 0 Å². The fourth-order valence-corrected chi connectivity index (χ4v) is 4.45. The van der Waals surface area contributed by atoms with Gasteiger partial charge in [0, 0.05) is 31.8 Å². The van der Waals surface area contributed by atoms with Crippen LogP contribution >= 0.6 is 11.3 Å². The summed E-state index contributed by atoms with van der Waals surface area (Å²) in [7, 11) is 0. The molecule has 2 aromatic heterocycles. The lowest BCUT2D eigenvalue weighted by Gasteiger charge is -2.20. The normalized spacial score (nSPS) is 16.2. The molecular formula is C20H24N4O3S. The molecule has 28 heavy (non-hydrogen) atoms. The van der Waals surface area contributed by atoms with Crippen molar-refractivity contribution < 1.29 is 14.4 Å². The number of Topliss-reactive ketones (excluding diaryl/α,β-unsaturated/α-hetero) is 2. The van der Waals surface area contributed by atoms with Crippen LogP contribution in [0.15, 0.2) is 18.3 Å². The van der Waals surface area contributed by atoms with Gasteiger partial charge in [-0.2, -0.15) is 0 Å². The Morgan fingerprint density at radius 1 is 1.29 bits per heavy atom. The van der Waals surface area contributed by atoms with Crippen molar-refractivity contribution in [3.8, 4) is 0 Å². The summed E-state index contributed by atoms with van der Waals surface area (Å²) >= 11 is 1.15. The summed E-state index contributed by atoms with van der Waals surface area (Å²) in [5.74, 6) is -0.555. The smallest absolute Gasteiger partial charge is 0.223 e. The fourth-order valence-electron chi connectivity index (χ4n) is 3.40. The van der Waals surface area contributed by atoms with E-state index in [1.54, 1.807) is 12.3 Å². The number of nitrogens with one attached hydrogen (secondary N) is 1. The first-order chi connectivity index (χ1) is 13.4. The van der Waals surface area contributed by atoms with E-state index in [0.717, 1.165) is 30.2 Å². The molecule has 0 aliphatic heterocycles. The van der Waals surface area contributed by atoms with Crippen molar-refractivity contribution in [1.82, 2.24) is 9.97 Å². The Morgan fingerprint density at radius 3 is 2.64 bits per heavy atom. The molecule has 2 aromatic rings. The van der Waals surface area contributed by atoms with Crippen LogP contribution in [0, 0.1) is 5.92 Å². The van der Waals surface area contributed by atoms with E-state index < -0.39 is 5.92 Å². The highest BCUT2D eigenvalue weighted by molar-refractivity contribution is 7.17. The maximum absolute atomic E-state index is 13.0. The summed E-state index contributed by atoms with van der Waals surface area (Å²) in [6, 6.07) is 3.58. The van der Waals surface area contributed by atoms with Gasteiger partial charge < -0.3 is 10.2 Å². The predicted octanol–water partition coefficient (Wildman–Crippen LogP) is 3.36. The van der Waals surface area contributed by atoms with E-state index in [2.05, 4.69) is 34.0 Å². The number of fused-ring (bicyclic) bond motifs is 1. The van der Waals surface area contributed by atoms with E-state index in [4.69, 9.17) is 0 Å². The van der Waals surface area contributed by atoms with Crippen molar-refractivity contribution in [2.75, 3.05) is 23.3 Å². The standard InChI is InChI=1S/C20H24N4O3S/c1-4-24(5-2)16-10-9-13(11-21-16)17(26)14-7-6-8-15-19(18(14)27)28-20(23-15)22-12(3)25/h9-11,14H,4-8H2,1-3H3,(H,22,23,25). The number of nitrogens with zero attached hydrogens (tertiary/aromatic N) is 3. The number of carbonyl (C=O) groups excluding carboxylic acids is 3. The minimum Gasteiger partial charge on any atom is -0.357 e. The van der Waals surface area contributed by atoms with E-state index in [0.29, 0.717) is 40.5 Å². The van der Waals surface area contributed by atoms with Crippen LogP contribution in [0.4, 0.5) is 10.9 Å². The van der Waals surface area contributed by atoms with Gasteiger partial charge in [-0.25, -0.2) is 9.97 Å². The van der Waals surface area contributed by atoms with Crippen molar-refractivity contribution >= 4 is 39.8 Å². The first-order valence-electron chi connectivity index (χ1n) is 9.51. The first kappa shape index (κ1) is 20.1. The van der Waals surface area contributed by atoms with Crippen molar-refractivity contribution in [3.05, 3.63) is 34.5 Å². The highest BCUT2D eigenvalue weighted by Gasteiger charge is 2.34. The van der Waals surface area contributed by atoms with Crippen LogP contribution < -0.4 is 10.2 Å². The van der Waals surface area contributed by atoms with Crippen molar-refractivity contribution in [2.24, 2.45) is 5.92 Å². The molecule has 1 aliphatic rings. The number of thiazole rings is 1. The molecule has 3 rings (SSSR count). The Balaban J connectivity index is 1.82. The van der Waals surface area contributed by atoms with Gasteiger partial charge >= 0.3 is 0 Å². The Morgan fingerprint density at radius 2 is 2.04 bits per heavy atom. The molecule has 0 fully saturated rings. The van der Waals surface area contributed by atoms with Crippen LogP contribution in [0.1, 0.15) is 59.3 Å². The first-order valence-corrected chi connectivity index (χ1v) is 10.3. The largest absolute Gasteiger partial charge is 0.357 e. The molecule has 0 spiro atoms. The zero-order valence-corrected chi connectivity index (χ0v) is 17.1. The molecule has 8 heteroatoms. The molecule has 1 aliphatic carbocycles. The number of hydrogen-bond donors (Lipinski definition) is 1. The summed E-state index contributed by atoms with van der Waals surface area (Å²) < 4.78 is 0. The van der Waals surface area contributed by atoms with Gasteiger partial charge in [0.15, 0.2) is 16.7 Å². The number of anilines is 2. The fraction of sp³-hybridized carbons (Fsp3) is 0.450. The third-order valence-corrected chi connectivity index (χ3v) is 5.89. The highest BCUT2D eigenvalue weighted by Crippen LogP contribution is 2.33. The number of amides is 1. The minimum absolute atomic E-state index is 0.203. The second-order valence-electron chi connectivity index (χ2n) is 6.73. The van der Waals surface area contributed by atoms with Crippen LogP contribution in [0.2, 0.25) is 0 Å². The molecule has 1 atom stereocenters. The summed E-state index contributed by atoms with van der Waals surface area (Å²) in [4.78, 5) is 48.6. The molecule has 1 N–H and O–H groups in total. The van der Waals surface area contributed by atoms with Gasteiger partial charge in [-0.1, -0.05) is 11.3 Å². The quantitative estimate of drug-likeness (QED) is 0.454. The zero-order valence-electron chi connectivity index (χ0n) is 16.3. The Bertz CT molecular complexity index is 887. The van der Waals surface area contributed by atoms with Crippen molar-refractivity contribution in [3.63, 3.8) is 0 Å². The van der Waals surface area contributed by atoms with Crippen LogP contribution in [0.25, 0.3) is 0 Å². The molecule has 0 bridgehead atoms. The third-order valence-electron chi connectivity index (χ3n) is 4.86. The van der Waals surface area contributed by atoms with Gasteiger partial charge in [0.05, 0.1) is 16.5 Å². The second-order valence-corrected chi connectivity index (χ2v) is 7.73. The van der Waals surface area contributed by atoms with E-state index in [-0.39, 0.29) is 17.5 Å². The van der Waals surface area contributed by atoms with Crippen LogP contribution in [-0.4, -0.2) is 40.5 Å². The van der Waals surface area contributed by atoms with Gasteiger partial charge in [0.1, 0.15) is 5.82 Å². The van der Waals surface area contributed by atoms with E-state index in [9.17, 15) is 14.4 Å². The lowest BCUT2D eigenvalue weighted by Crippen LogP contribution is -2.25. The predicted molar refractivity (Wildman–Crippen MR) is 109 cm³/mol. The molecule has 2 heterocycles. The molecule has 0 saturated heterocycles. The van der Waals surface area contributed by atoms with E-state index in [1.165, 1.54) is 6.92 Å². The highest BCUT2D eigenvalue weighted by atomic mass is 32.1. The Labute approximate surface area is 168 Å². The zero-order chi connectivity index (χ0) is 20.3. The second kappa shape index (κ2) is 8.60.